The van der Waals surface area contributed by atoms with Crippen molar-refractivity contribution in [1.82, 2.24) is 15.1 Å². The number of hydrogen-bond acceptors (Lipinski definition) is 7. The lowest BCUT2D eigenvalue weighted by atomic mass is 9.93. The van der Waals surface area contributed by atoms with Gasteiger partial charge in [0, 0.05) is 22.3 Å². The zero-order valence-corrected chi connectivity index (χ0v) is 22.5. The minimum atomic E-state index is -5.01. The lowest BCUT2D eigenvalue weighted by Crippen LogP contribution is -2.30. The maximum Gasteiger partial charge on any atom is 0.416 e. The van der Waals surface area contributed by atoms with Crippen molar-refractivity contribution in [2.45, 2.75) is 59.1 Å². The van der Waals surface area contributed by atoms with E-state index < -0.39 is 59.1 Å². The monoisotopic (exact) mass is 605 g/mol. The van der Waals surface area contributed by atoms with E-state index in [-0.39, 0.29) is 22.9 Å². The molecule has 210 valence electrons. The van der Waals surface area contributed by atoms with Gasteiger partial charge < -0.3 is 5.11 Å². The highest BCUT2D eigenvalue weighted by molar-refractivity contribution is 7.92. The molecule has 1 heterocycles. The van der Waals surface area contributed by atoms with Gasteiger partial charge in [-0.15, -0.1) is 0 Å². The van der Waals surface area contributed by atoms with Gasteiger partial charge in [0.25, 0.3) is 0 Å². The third kappa shape index (κ3) is 6.45. The van der Waals surface area contributed by atoms with Crippen molar-refractivity contribution >= 4 is 37.2 Å². The average Bonchev–Trinajstić information content (AvgIpc) is 3.29. The van der Waals surface area contributed by atoms with E-state index in [0.717, 1.165) is 17.8 Å². The number of nitrogens with one attached hydrogen (secondary N) is 1. The highest BCUT2D eigenvalue weighted by Gasteiger charge is 2.35. The van der Waals surface area contributed by atoms with Gasteiger partial charge in [0.1, 0.15) is 5.88 Å². The van der Waals surface area contributed by atoms with Crippen LogP contribution in [0.15, 0.2) is 63.3 Å². The van der Waals surface area contributed by atoms with Crippen LogP contribution in [-0.2, 0) is 43.6 Å². The Morgan fingerprint density at radius 3 is 2.38 bits per heavy atom. The van der Waals surface area contributed by atoms with Crippen molar-refractivity contribution in [2.24, 2.45) is 0 Å². The van der Waals surface area contributed by atoms with Crippen LogP contribution in [0, 0.1) is 0 Å². The maximum absolute atomic E-state index is 13.7. The zero-order valence-electron chi connectivity index (χ0n) is 20.2. The lowest BCUT2D eigenvalue weighted by Gasteiger charge is -2.24. The number of alkyl halides is 3. The van der Waals surface area contributed by atoms with Gasteiger partial charge in [0.05, 0.1) is 39.4 Å². The summed E-state index contributed by atoms with van der Waals surface area (Å²) in [6.07, 6.45) is -1.85. The number of carbonyl (C=O) groups is 1. The molecule has 9 nitrogen and oxygen atoms in total. The molecule has 2 aromatic carbocycles. The van der Waals surface area contributed by atoms with Crippen molar-refractivity contribution < 1.29 is 39.9 Å². The average molecular weight is 606 g/mol. The van der Waals surface area contributed by atoms with Crippen molar-refractivity contribution in [3.05, 3.63) is 70.5 Å². The van der Waals surface area contributed by atoms with Crippen molar-refractivity contribution in [3.8, 4) is 0 Å². The molecular weight excluding hydrogens is 583 g/mol. The number of halogens is 4. The molecule has 1 atom stereocenters. The molecule has 0 fully saturated rings. The van der Waals surface area contributed by atoms with E-state index in [2.05, 4.69) is 10.4 Å². The van der Waals surface area contributed by atoms with Crippen molar-refractivity contribution in [2.75, 3.05) is 5.88 Å². The highest BCUT2D eigenvalue weighted by Crippen LogP contribution is 2.35. The lowest BCUT2D eigenvalue weighted by molar-refractivity contribution is -0.138. The molecule has 0 aliphatic heterocycles. The van der Waals surface area contributed by atoms with Gasteiger partial charge in [-0.3, -0.25) is 14.8 Å². The standard InChI is InChI=1S/C24H23ClF3N3O6S2/c25-16-4-6-17(7-5-16)39(36,37)19-11-15(24(26,27)28)10-18(12-19)38(34,35)14-29-21-2-1-3-22-20(21)13-30-31(22)9-8-23(32)33/h4-7,10-13,21,29H,1-3,8-9,14H2,(H,32,33)/t21-/m1/s1. The second-order valence-corrected chi connectivity index (χ2v) is 13.3. The summed E-state index contributed by atoms with van der Waals surface area (Å²) in [5.74, 6) is -1.76. The molecule has 1 aromatic heterocycles. The summed E-state index contributed by atoms with van der Waals surface area (Å²) in [5.41, 5.74) is 0.0143. The van der Waals surface area contributed by atoms with Crippen LogP contribution in [-0.4, -0.2) is 43.6 Å². The largest absolute Gasteiger partial charge is 0.481 e. The molecule has 0 spiro atoms. The van der Waals surface area contributed by atoms with E-state index in [4.69, 9.17) is 16.7 Å². The molecule has 0 bridgehead atoms. The number of sulfone groups is 2. The van der Waals surface area contributed by atoms with Gasteiger partial charge in [0.15, 0.2) is 9.84 Å². The van der Waals surface area contributed by atoms with Gasteiger partial charge in [-0.25, -0.2) is 16.8 Å². The molecule has 39 heavy (non-hydrogen) atoms. The van der Waals surface area contributed by atoms with Crippen LogP contribution in [0.2, 0.25) is 5.02 Å². The van der Waals surface area contributed by atoms with Gasteiger partial charge in [-0.2, -0.15) is 18.3 Å². The van der Waals surface area contributed by atoms with Crippen LogP contribution >= 0.6 is 11.6 Å². The molecule has 15 heteroatoms. The predicted molar refractivity (Wildman–Crippen MR) is 134 cm³/mol. The van der Waals surface area contributed by atoms with E-state index in [1.54, 1.807) is 4.68 Å². The number of hydrogen-bond donors (Lipinski definition) is 2. The number of aliphatic carboxylic acids is 1. The fourth-order valence-corrected chi connectivity index (χ4v) is 7.07. The maximum atomic E-state index is 13.7. The van der Waals surface area contributed by atoms with E-state index in [9.17, 15) is 34.8 Å². The van der Waals surface area contributed by atoms with Gasteiger partial charge >= 0.3 is 12.1 Å². The Kier molecular flexibility index (Phi) is 8.13. The van der Waals surface area contributed by atoms with Crippen LogP contribution in [0.5, 0.6) is 0 Å². The fourth-order valence-electron chi connectivity index (χ4n) is 4.34. The van der Waals surface area contributed by atoms with Crippen LogP contribution in [0.3, 0.4) is 0 Å². The van der Waals surface area contributed by atoms with Crippen molar-refractivity contribution in [3.63, 3.8) is 0 Å². The third-order valence-electron chi connectivity index (χ3n) is 6.32. The van der Waals surface area contributed by atoms with Crippen molar-refractivity contribution in [1.29, 1.82) is 0 Å². The van der Waals surface area contributed by atoms with Crippen LogP contribution in [0.1, 0.15) is 42.1 Å². The molecule has 2 N–H and O–H groups in total. The fraction of sp³-hybridized carbons (Fsp3) is 0.333. The third-order valence-corrected chi connectivity index (χ3v) is 9.82. The van der Waals surface area contributed by atoms with Gasteiger partial charge in [-0.1, -0.05) is 11.6 Å². The minimum absolute atomic E-state index is 0.141. The molecule has 0 radical (unpaired) electrons. The number of fused-ring (bicyclic) bond motifs is 1. The Balaban J connectivity index is 1.64. The summed E-state index contributed by atoms with van der Waals surface area (Å²) in [6.45, 7) is 0.144. The predicted octanol–water partition coefficient (Wildman–Crippen LogP) is 4.26. The number of carboxylic acid groups (broad SMARTS) is 1. The smallest absolute Gasteiger partial charge is 0.416 e. The van der Waals surface area contributed by atoms with Crippen LogP contribution < -0.4 is 5.32 Å². The van der Waals surface area contributed by atoms with Crippen LogP contribution in [0.25, 0.3) is 0 Å². The molecule has 3 aromatic rings. The molecular formula is C24H23ClF3N3O6S2. The number of aromatic nitrogens is 2. The first-order valence-electron chi connectivity index (χ1n) is 11.6. The summed E-state index contributed by atoms with van der Waals surface area (Å²) >= 11 is 5.78. The number of aryl methyl sites for hydroxylation is 1. The second kappa shape index (κ2) is 10.9. The summed E-state index contributed by atoms with van der Waals surface area (Å²) in [4.78, 5) is 8.94. The zero-order chi connectivity index (χ0) is 28.6. The summed E-state index contributed by atoms with van der Waals surface area (Å²) in [6, 6.07) is 5.77. The topological polar surface area (TPSA) is 135 Å². The Labute approximate surface area is 227 Å². The first-order valence-corrected chi connectivity index (χ1v) is 15.2. The SMILES string of the molecule is O=C(O)CCn1ncc2c1CCC[C@H]2NCS(=O)(=O)c1cc(C(F)(F)F)cc(S(=O)(=O)c2ccc(Cl)cc2)c1. The van der Waals surface area contributed by atoms with Gasteiger partial charge in [-0.05, 0) is 61.7 Å². The molecule has 4 rings (SSSR count). The Morgan fingerprint density at radius 2 is 1.74 bits per heavy atom. The summed E-state index contributed by atoms with van der Waals surface area (Å²) in [7, 11) is -8.93. The van der Waals surface area contributed by atoms with Gasteiger partial charge in [0.2, 0.25) is 9.84 Å². The quantitative estimate of drug-likeness (QED) is 0.369. The first-order chi connectivity index (χ1) is 18.2. The van der Waals surface area contributed by atoms with E-state index >= 15 is 0 Å². The molecule has 0 saturated carbocycles. The molecule has 1 aliphatic rings. The van der Waals surface area contributed by atoms with E-state index in [0.29, 0.717) is 43.0 Å². The molecule has 1 aliphatic carbocycles. The normalized spacial score (nSPS) is 16.2. The number of benzene rings is 2. The number of carboxylic acids is 1. The Bertz CT molecular complexity index is 1600. The molecule has 0 amide bonds. The Morgan fingerprint density at radius 1 is 1.08 bits per heavy atom. The number of rotatable bonds is 9. The Hall–Kier alpha value is -2.94. The number of nitrogens with zero attached hydrogens (tertiary/aromatic N) is 2. The molecule has 0 unspecified atom stereocenters. The summed E-state index contributed by atoms with van der Waals surface area (Å²) < 4.78 is 95.1. The van der Waals surface area contributed by atoms with E-state index in [1.807, 2.05) is 0 Å². The second-order valence-electron chi connectivity index (χ2n) is 8.97. The first kappa shape index (κ1) is 29.1. The minimum Gasteiger partial charge on any atom is -0.481 e. The van der Waals surface area contributed by atoms with Crippen LogP contribution in [0.4, 0.5) is 13.2 Å². The van der Waals surface area contributed by atoms with E-state index in [1.165, 1.54) is 18.3 Å². The highest BCUT2D eigenvalue weighted by atomic mass is 35.5. The molecule has 0 saturated heterocycles. The summed E-state index contributed by atoms with van der Waals surface area (Å²) in [5, 5.41) is 16.2.